The Balaban J connectivity index is 0.00000341. The lowest BCUT2D eigenvalue weighted by molar-refractivity contribution is -0.384. The van der Waals surface area contributed by atoms with Crippen molar-refractivity contribution in [2.45, 2.75) is 38.3 Å². The highest BCUT2D eigenvalue weighted by Crippen LogP contribution is 2.23. The van der Waals surface area contributed by atoms with Crippen LogP contribution in [0.3, 0.4) is 0 Å². The fraction of sp³-hybridized carbons (Fsp3) is 0.550. The van der Waals surface area contributed by atoms with Crippen molar-refractivity contribution in [3.63, 3.8) is 0 Å². The number of piperazine rings is 1. The third-order valence-electron chi connectivity index (χ3n) is 5.78. The molecule has 11 heteroatoms. The van der Waals surface area contributed by atoms with Gasteiger partial charge in [-0.25, -0.2) is 4.79 Å². The second-order valence-corrected chi connectivity index (χ2v) is 7.76. The summed E-state index contributed by atoms with van der Waals surface area (Å²) in [4.78, 5) is 52.8. The first-order valence-corrected chi connectivity index (χ1v) is 10.0. The highest BCUT2D eigenvalue weighted by atomic mass is 35.5. The van der Waals surface area contributed by atoms with Crippen molar-refractivity contribution in [1.29, 1.82) is 0 Å². The fourth-order valence-corrected chi connectivity index (χ4v) is 4.35. The largest absolute Gasteiger partial charge is 0.480 e. The summed E-state index contributed by atoms with van der Waals surface area (Å²) in [7, 11) is 0. The number of carboxylic acids is 1. The van der Waals surface area contributed by atoms with Gasteiger partial charge in [0, 0.05) is 38.7 Å². The number of rotatable bonds is 6. The molecule has 31 heavy (non-hydrogen) atoms. The Morgan fingerprint density at radius 1 is 1.13 bits per heavy atom. The fourth-order valence-electron chi connectivity index (χ4n) is 4.35. The number of amides is 2. The van der Waals surface area contributed by atoms with Gasteiger partial charge in [-0.1, -0.05) is 12.1 Å². The number of likely N-dealkylation sites (tertiary alicyclic amines) is 1. The summed E-state index contributed by atoms with van der Waals surface area (Å²) in [5.41, 5.74) is 0.326. The highest BCUT2D eigenvalue weighted by molar-refractivity contribution is 5.87. The third kappa shape index (κ3) is 5.71. The lowest BCUT2D eigenvalue weighted by Crippen LogP contribution is -2.67. The molecule has 2 aliphatic heterocycles. The molecule has 1 aromatic carbocycles. The average Bonchev–Trinajstić information content (AvgIpc) is 3.20. The van der Waals surface area contributed by atoms with Gasteiger partial charge in [0.1, 0.15) is 0 Å². The predicted octanol–water partition coefficient (Wildman–Crippen LogP) is 1.17. The zero-order chi connectivity index (χ0) is 21.8. The Morgan fingerprint density at radius 2 is 1.77 bits per heavy atom. The van der Waals surface area contributed by atoms with E-state index in [0.29, 0.717) is 12.1 Å². The molecule has 3 rings (SSSR count). The summed E-state index contributed by atoms with van der Waals surface area (Å²) in [6.07, 6.45) is 1.92. The van der Waals surface area contributed by atoms with Crippen LogP contribution in [0.1, 0.15) is 25.3 Å². The number of nitro benzene ring substituents is 1. The number of non-ortho nitro benzene ring substituents is 1. The van der Waals surface area contributed by atoms with Gasteiger partial charge in [-0.3, -0.25) is 19.7 Å². The second-order valence-electron chi connectivity index (χ2n) is 7.76. The molecule has 0 unspecified atom stereocenters. The first-order valence-electron chi connectivity index (χ1n) is 10.0. The van der Waals surface area contributed by atoms with E-state index in [0.717, 1.165) is 25.9 Å². The van der Waals surface area contributed by atoms with E-state index in [4.69, 9.17) is 0 Å². The summed E-state index contributed by atoms with van der Waals surface area (Å²) in [6.45, 7) is 3.87. The van der Waals surface area contributed by atoms with Crippen molar-refractivity contribution in [1.82, 2.24) is 14.7 Å². The van der Waals surface area contributed by atoms with Crippen molar-refractivity contribution in [3.05, 3.63) is 39.9 Å². The Kier molecular flexibility index (Phi) is 8.35. The number of hydrogen-bond donors (Lipinski definition) is 1. The second kappa shape index (κ2) is 10.5. The first kappa shape index (κ1) is 24.5. The predicted molar refractivity (Wildman–Crippen MR) is 114 cm³/mol. The number of aliphatic carboxylic acids is 1. The van der Waals surface area contributed by atoms with E-state index in [2.05, 4.69) is 4.90 Å². The molecule has 2 heterocycles. The zero-order valence-electron chi connectivity index (χ0n) is 17.3. The van der Waals surface area contributed by atoms with Crippen LogP contribution in [0.4, 0.5) is 5.69 Å². The van der Waals surface area contributed by atoms with E-state index in [1.54, 1.807) is 11.0 Å². The Labute approximate surface area is 186 Å². The summed E-state index contributed by atoms with van der Waals surface area (Å²) in [5.74, 6) is -1.79. The van der Waals surface area contributed by atoms with Crippen molar-refractivity contribution >= 4 is 35.9 Å². The number of carbonyl (C=O) groups is 3. The van der Waals surface area contributed by atoms with Crippen LogP contribution in [0.2, 0.25) is 0 Å². The van der Waals surface area contributed by atoms with Crippen LogP contribution < -0.4 is 0 Å². The van der Waals surface area contributed by atoms with Gasteiger partial charge in [0.15, 0.2) is 6.04 Å². The van der Waals surface area contributed by atoms with Crippen molar-refractivity contribution < 1.29 is 24.4 Å². The van der Waals surface area contributed by atoms with Crippen molar-refractivity contribution in [3.8, 4) is 0 Å². The minimum Gasteiger partial charge on any atom is -0.480 e. The van der Waals surface area contributed by atoms with E-state index < -0.39 is 28.9 Å². The third-order valence-corrected chi connectivity index (χ3v) is 5.78. The number of carbonyl (C=O) groups excluding carboxylic acids is 2. The molecule has 0 saturated carbocycles. The van der Waals surface area contributed by atoms with Gasteiger partial charge in [0.2, 0.25) is 11.8 Å². The summed E-state index contributed by atoms with van der Waals surface area (Å²) < 4.78 is 0. The minimum absolute atomic E-state index is 0. The SMILES string of the molecule is CC(=O)N1CCN(C(=O)Cc2cccc([N+](=O)[O-])c2)[C@@H](C(=O)O)[C@@H]1CN1CCCC1.Cl. The number of halogens is 1. The number of nitro groups is 1. The van der Waals surface area contributed by atoms with Crippen LogP contribution in [0.25, 0.3) is 0 Å². The van der Waals surface area contributed by atoms with Crippen LogP contribution in [0.5, 0.6) is 0 Å². The van der Waals surface area contributed by atoms with E-state index in [1.807, 2.05) is 0 Å². The van der Waals surface area contributed by atoms with Crippen LogP contribution in [0, 0.1) is 10.1 Å². The van der Waals surface area contributed by atoms with Gasteiger partial charge in [0.25, 0.3) is 5.69 Å². The maximum absolute atomic E-state index is 13.0. The molecule has 2 amide bonds. The van der Waals surface area contributed by atoms with Crippen LogP contribution in [-0.4, -0.2) is 87.3 Å². The summed E-state index contributed by atoms with van der Waals surface area (Å²) in [6, 6.07) is 3.97. The van der Waals surface area contributed by atoms with E-state index in [1.165, 1.54) is 30.0 Å². The van der Waals surface area contributed by atoms with Gasteiger partial charge in [0.05, 0.1) is 17.4 Å². The maximum atomic E-state index is 13.0. The summed E-state index contributed by atoms with van der Waals surface area (Å²) in [5, 5.41) is 20.9. The molecule has 2 atom stereocenters. The Bertz CT molecular complexity index is 845. The molecule has 1 N–H and O–H groups in total. The highest BCUT2D eigenvalue weighted by Gasteiger charge is 2.45. The van der Waals surface area contributed by atoms with Gasteiger partial charge in [-0.2, -0.15) is 0 Å². The Morgan fingerprint density at radius 3 is 2.35 bits per heavy atom. The van der Waals surface area contributed by atoms with Gasteiger partial charge < -0.3 is 19.8 Å². The van der Waals surface area contributed by atoms with Crippen LogP contribution in [0.15, 0.2) is 24.3 Å². The molecule has 0 aromatic heterocycles. The molecule has 10 nitrogen and oxygen atoms in total. The average molecular weight is 455 g/mol. The quantitative estimate of drug-likeness (QED) is 0.505. The molecular weight excluding hydrogens is 428 g/mol. The Hall–Kier alpha value is -2.72. The number of nitrogens with zero attached hydrogens (tertiary/aromatic N) is 4. The molecule has 2 saturated heterocycles. The van der Waals surface area contributed by atoms with E-state index in [-0.39, 0.29) is 43.5 Å². The number of carboxylic acid groups (broad SMARTS) is 1. The molecule has 0 spiro atoms. The van der Waals surface area contributed by atoms with E-state index >= 15 is 0 Å². The molecule has 2 aliphatic rings. The van der Waals surface area contributed by atoms with Crippen molar-refractivity contribution in [2.75, 3.05) is 32.7 Å². The van der Waals surface area contributed by atoms with Crippen LogP contribution >= 0.6 is 12.4 Å². The monoisotopic (exact) mass is 454 g/mol. The lowest BCUT2D eigenvalue weighted by Gasteiger charge is -2.46. The number of hydrogen-bond acceptors (Lipinski definition) is 6. The smallest absolute Gasteiger partial charge is 0.328 e. The standard InChI is InChI=1S/C20H26N4O6.ClH/c1-14(25)22-9-10-23(18(26)12-15-5-4-6-16(11-15)24(29)30)19(20(27)28)17(22)13-21-7-2-3-8-21;/h4-6,11,17,19H,2-3,7-10,12-13H2,1H3,(H,27,28);1H/t17-,19+;/m0./s1. The normalized spacial score (nSPS) is 21.5. The lowest BCUT2D eigenvalue weighted by atomic mass is 9.98. The maximum Gasteiger partial charge on any atom is 0.328 e. The van der Waals surface area contributed by atoms with Gasteiger partial charge in [-0.15, -0.1) is 12.4 Å². The van der Waals surface area contributed by atoms with Gasteiger partial charge >= 0.3 is 5.97 Å². The number of benzene rings is 1. The van der Waals surface area contributed by atoms with Crippen LogP contribution in [-0.2, 0) is 20.8 Å². The molecule has 1 aromatic rings. The zero-order valence-corrected chi connectivity index (χ0v) is 18.1. The molecule has 0 bridgehead atoms. The van der Waals surface area contributed by atoms with Gasteiger partial charge in [-0.05, 0) is 31.5 Å². The molecule has 170 valence electrons. The first-order chi connectivity index (χ1) is 14.3. The topological polar surface area (TPSA) is 124 Å². The molecule has 0 radical (unpaired) electrons. The molecular formula is C20H27ClN4O6. The van der Waals surface area contributed by atoms with Crippen molar-refractivity contribution in [2.24, 2.45) is 0 Å². The minimum atomic E-state index is -1.16. The molecule has 2 fully saturated rings. The molecule has 0 aliphatic carbocycles. The van der Waals surface area contributed by atoms with E-state index in [9.17, 15) is 29.6 Å². The summed E-state index contributed by atoms with van der Waals surface area (Å²) >= 11 is 0.